The molecule has 4 saturated carbocycles. The van der Waals surface area contributed by atoms with Crippen molar-refractivity contribution in [2.24, 2.45) is 23.2 Å². The van der Waals surface area contributed by atoms with Crippen molar-refractivity contribution in [2.45, 2.75) is 44.9 Å². The molecular weight excluding hydrogens is 361 g/mol. The van der Waals surface area contributed by atoms with Crippen molar-refractivity contribution >= 4 is 17.7 Å². The van der Waals surface area contributed by atoms with E-state index in [2.05, 4.69) is 16.2 Å². The van der Waals surface area contributed by atoms with E-state index in [0.29, 0.717) is 6.42 Å². The maximum absolute atomic E-state index is 13.6. The maximum Gasteiger partial charge on any atom is 0.257 e. The lowest BCUT2D eigenvalue weighted by atomic mass is 9.49. The molecule has 0 atom stereocenters. The van der Waals surface area contributed by atoms with Crippen LogP contribution in [0, 0.1) is 29.0 Å². The first-order chi connectivity index (χ1) is 13.4. The third-order valence-corrected chi connectivity index (χ3v) is 6.57. The molecule has 4 bridgehead atoms. The van der Waals surface area contributed by atoms with E-state index >= 15 is 0 Å². The number of nitrogens with one attached hydrogen (secondary N) is 3. The molecule has 5 rings (SSSR count). The van der Waals surface area contributed by atoms with Gasteiger partial charge in [0, 0.05) is 6.42 Å². The highest BCUT2D eigenvalue weighted by atomic mass is 19.1. The van der Waals surface area contributed by atoms with Crippen molar-refractivity contribution in [1.82, 2.24) is 16.2 Å². The smallest absolute Gasteiger partial charge is 0.257 e. The summed E-state index contributed by atoms with van der Waals surface area (Å²) in [6.45, 7) is -0.342. The Morgan fingerprint density at radius 3 is 2.11 bits per heavy atom. The number of carbonyl (C=O) groups excluding carboxylic acids is 3. The van der Waals surface area contributed by atoms with E-state index in [0.717, 1.165) is 37.0 Å². The van der Waals surface area contributed by atoms with Crippen LogP contribution in [0.1, 0.15) is 55.3 Å². The van der Waals surface area contributed by atoms with Gasteiger partial charge < -0.3 is 5.32 Å². The fourth-order valence-electron chi connectivity index (χ4n) is 5.98. The second-order valence-electron chi connectivity index (χ2n) is 8.85. The van der Waals surface area contributed by atoms with Crippen LogP contribution in [0.5, 0.6) is 0 Å². The van der Waals surface area contributed by atoms with Crippen LogP contribution < -0.4 is 16.2 Å². The Balaban J connectivity index is 1.21. The predicted molar refractivity (Wildman–Crippen MR) is 100 cm³/mol. The van der Waals surface area contributed by atoms with Gasteiger partial charge in [-0.3, -0.25) is 25.2 Å². The molecule has 0 heterocycles. The van der Waals surface area contributed by atoms with Gasteiger partial charge >= 0.3 is 0 Å². The van der Waals surface area contributed by atoms with Gasteiger partial charge in [-0.15, -0.1) is 0 Å². The molecule has 0 saturated heterocycles. The Kier molecular flexibility index (Phi) is 5.08. The Morgan fingerprint density at radius 2 is 1.50 bits per heavy atom. The summed E-state index contributed by atoms with van der Waals surface area (Å²) >= 11 is 0. The van der Waals surface area contributed by atoms with Crippen LogP contribution in [0.3, 0.4) is 0 Å². The molecule has 1 aromatic carbocycles. The van der Waals surface area contributed by atoms with Crippen molar-refractivity contribution in [1.29, 1.82) is 0 Å². The van der Waals surface area contributed by atoms with Crippen LogP contribution in [0.15, 0.2) is 24.3 Å². The van der Waals surface area contributed by atoms with E-state index in [1.807, 2.05) is 0 Å². The van der Waals surface area contributed by atoms with Crippen molar-refractivity contribution in [3.05, 3.63) is 35.6 Å². The first-order valence-corrected chi connectivity index (χ1v) is 10.0. The van der Waals surface area contributed by atoms with Gasteiger partial charge in [0.05, 0.1) is 12.1 Å². The third-order valence-electron chi connectivity index (χ3n) is 6.57. The highest BCUT2D eigenvalue weighted by Crippen LogP contribution is 2.61. The van der Waals surface area contributed by atoms with E-state index in [4.69, 9.17) is 0 Å². The summed E-state index contributed by atoms with van der Waals surface area (Å²) < 4.78 is 13.6. The summed E-state index contributed by atoms with van der Waals surface area (Å²) in [6.07, 6.45) is 7.77. The molecule has 0 aliphatic heterocycles. The molecule has 4 aliphatic rings. The predicted octanol–water partition coefficient (Wildman–Crippen LogP) is 2.31. The Bertz CT molecular complexity index is 760. The number of halogens is 1. The molecule has 0 radical (unpaired) electrons. The average Bonchev–Trinajstić information content (AvgIpc) is 2.63. The molecule has 28 heavy (non-hydrogen) atoms. The maximum atomic E-state index is 13.6. The SMILES string of the molecule is O=C(CNC(=O)c1ccccc1F)NNC(=O)CC12CC3CC(CC(C3)C1)C2. The van der Waals surface area contributed by atoms with Crippen LogP contribution in [-0.2, 0) is 9.59 Å². The molecule has 3 amide bonds. The molecule has 1 aromatic rings. The van der Waals surface area contributed by atoms with E-state index in [1.54, 1.807) is 6.07 Å². The van der Waals surface area contributed by atoms with Crippen LogP contribution in [0.4, 0.5) is 4.39 Å². The summed E-state index contributed by atoms with van der Waals surface area (Å²) in [5.41, 5.74) is 4.78. The van der Waals surface area contributed by atoms with Crippen LogP contribution in [-0.4, -0.2) is 24.3 Å². The van der Waals surface area contributed by atoms with E-state index in [1.165, 1.54) is 37.5 Å². The van der Waals surface area contributed by atoms with Crippen molar-refractivity contribution in [2.75, 3.05) is 6.54 Å². The van der Waals surface area contributed by atoms with Gasteiger partial charge in [-0.25, -0.2) is 4.39 Å². The summed E-state index contributed by atoms with van der Waals surface area (Å²) in [4.78, 5) is 36.2. The van der Waals surface area contributed by atoms with E-state index < -0.39 is 17.6 Å². The van der Waals surface area contributed by atoms with Crippen LogP contribution >= 0.6 is 0 Å². The number of rotatable bonds is 5. The van der Waals surface area contributed by atoms with Crippen LogP contribution in [0.25, 0.3) is 0 Å². The standard InChI is InChI=1S/C21H26FN3O3/c22-17-4-2-1-3-16(17)20(28)23-12-19(27)25-24-18(26)11-21-8-13-5-14(9-21)7-15(6-13)10-21/h1-4,13-15H,5-12H2,(H,23,28)(H,24,26)(H,25,27). The quantitative estimate of drug-likeness (QED) is 0.678. The lowest BCUT2D eigenvalue weighted by Crippen LogP contribution is -2.51. The van der Waals surface area contributed by atoms with Crippen molar-refractivity contribution in [3.63, 3.8) is 0 Å². The number of hydrogen-bond donors (Lipinski definition) is 3. The number of amides is 3. The average molecular weight is 387 g/mol. The second-order valence-corrected chi connectivity index (χ2v) is 8.85. The first kappa shape index (κ1) is 18.9. The van der Waals surface area contributed by atoms with Gasteiger partial charge in [-0.2, -0.15) is 0 Å². The Labute approximate surface area is 163 Å². The highest BCUT2D eigenvalue weighted by molar-refractivity contribution is 5.96. The Hall–Kier alpha value is -2.44. The van der Waals surface area contributed by atoms with Gasteiger partial charge in [0.1, 0.15) is 5.82 Å². The molecule has 0 unspecified atom stereocenters. The topological polar surface area (TPSA) is 87.3 Å². The minimum Gasteiger partial charge on any atom is -0.343 e. The van der Waals surface area contributed by atoms with Gasteiger partial charge in [0.25, 0.3) is 11.8 Å². The highest BCUT2D eigenvalue weighted by Gasteiger charge is 2.51. The number of carbonyl (C=O) groups is 3. The molecule has 3 N–H and O–H groups in total. The summed E-state index contributed by atoms with van der Waals surface area (Å²) in [5, 5.41) is 2.35. The van der Waals surface area contributed by atoms with Gasteiger partial charge in [-0.05, 0) is 73.8 Å². The fourth-order valence-corrected chi connectivity index (χ4v) is 5.98. The molecular formula is C21H26FN3O3. The normalized spacial score (nSPS) is 30.0. The van der Waals surface area contributed by atoms with Gasteiger partial charge in [0.15, 0.2) is 0 Å². The third kappa shape index (κ3) is 4.03. The number of hydrogen-bond acceptors (Lipinski definition) is 3. The van der Waals surface area contributed by atoms with Gasteiger partial charge in [-0.1, -0.05) is 12.1 Å². The van der Waals surface area contributed by atoms with Crippen LogP contribution in [0.2, 0.25) is 0 Å². The molecule has 0 spiro atoms. The minimum absolute atomic E-state index is 0.0998. The molecule has 4 aliphatic carbocycles. The molecule has 0 aromatic heterocycles. The monoisotopic (exact) mass is 387 g/mol. The lowest BCUT2D eigenvalue weighted by Gasteiger charge is -2.56. The van der Waals surface area contributed by atoms with E-state index in [-0.39, 0.29) is 23.4 Å². The minimum atomic E-state index is -0.673. The molecule has 150 valence electrons. The van der Waals surface area contributed by atoms with E-state index in [9.17, 15) is 18.8 Å². The lowest BCUT2D eigenvalue weighted by molar-refractivity contribution is -0.134. The zero-order valence-corrected chi connectivity index (χ0v) is 15.8. The number of benzene rings is 1. The second kappa shape index (κ2) is 7.53. The van der Waals surface area contributed by atoms with Crippen molar-refractivity contribution < 1.29 is 18.8 Å². The summed E-state index contributed by atoms with van der Waals surface area (Å²) in [6, 6.07) is 5.55. The number of hydrazine groups is 1. The summed E-state index contributed by atoms with van der Waals surface area (Å²) in [5.74, 6) is 0.239. The summed E-state index contributed by atoms with van der Waals surface area (Å²) in [7, 11) is 0. The molecule has 6 nitrogen and oxygen atoms in total. The molecule has 7 heteroatoms. The molecule has 4 fully saturated rings. The largest absolute Gasteiger partial charge is 0.343 e. The zero-order chi connectivity index (χ0) is 19.7. The van der Waals surface area contributed by atoms with Crippen molar-refractivity contribution in [3.8, 4) is 0 Å². The Morgan fingerprint density at radius 1 is 0.929 bits per heavy atom. The fraction of sp³-hybridized carbons (Fsp3) is 0.571. The van der Waals surface area contributed by atoms with Gasteiger partial charge in [0.2, 0.25) is 5.91 Å². The zero-order valence-electron chi connectivity index (χ0n) is 15.8. The first-order valence-electron chi connectivity index (χ1n) is 10.0.